The lowest BCUT2D eigenvalue weighted by Crippen LogP contribution is -2.42. The Bertz CT molecular complexity index is 131. The quantitative estimate of drug-likeness (QED) is 0.508. The molecule has 0 aliphatic heterocycles. The summed E-state index contributed by atoms with van der Waals surface area (Å²) in [7, 11) is 0. The third-order valence-electron chi connectivity index (χ3n) is 2.32. The fourth-order valence-electron chi connectivity index (χ4n) is 1.42. The number of rotatable bonds is 8. The van der Waals surface area contributed by atoms with Crippen LogP contribution in [0, 0.1) is 5.41 Å². The van der Waals surface area contributed by atoms with E-state index in [1.165, 1.54) is 0 Å². The highest BCUT2D eigenvalue weighted by atomic mass is 16.3. The fraction of sp³-hybridized carbons (Fsp3) is 1.00. The molecule has 0 spiro atoms. The molecule has 4 nitrogen and oxygen atoms in total. The van der Waals surface area contributed by atoms with Crippen molar-refractivity contribution in [1.82, 2.24) is 4.90 Å². The first-order valence-electron chi connectivity index (χ1n) is 5.17. The predicted molar refractivity (Wildman–Crippen MR) is 56.1 cm³/mol. The topological polar surface area (TPSA) is 63.9 Å². The molecule has 0 saturated heterocycles. The lowest BCUT2D eigenvalue weighted by molar-refractivity contribution is 0.0305. The molecule has 0 saturated carbocycles. The van der Waals surface area contributed by atoms with E-state index in [0.717, 1.165) is 13.0 Å². The Labute approximate surface area is 86.2 Å². The van der Waals surface area contributed by atoms with Crippen molar-refractivity contribution in [3.8, 4) is 0 Å². The van der Waals surface area contributed by atoms with E-state index in [1.807, 2.05) is 6.92 Å². The molecule has 86 valence electrons. The van der Waals surface area contributed by atoms with Gasteiger partial charge < -0.3 is 20.2 Å². The van der Waals surface area contributed by atoms with E-state index in [1.54, 1.807) is 0 Å². The molecule has 0 rings (SSSR count). The van der Waals surface area contributed by atoms with Gasteiger partial charge >= 0.3 is 0 Å². The maximum atomic E-state index is 9.12. The molecule has 14 heavy (non-hydrogen) atoms. The van der Waals surface area contributed by atoms with Gasteiger partial charge in [-0.25, -0.2) is 0 Å². The smallest absolute Gasteiger partial charge is 0.0558 e. The molecule has 3 N–H and O–H groups in total. The van der Waals surface area contributed by atoms with Crippen LogP contribution in [0.25, 0.3) is 0 Å². The van der Waals surface area contributed by atoms with Crippen LogP contribution >= 0.6 is 0 Å². The summed E-state index contributed by atoms with van der Waals surface area (Å²) in [4.78, 5) is 2.06. The second kappa shape index (κ2) is 7.17. The Kier molecular flexibility index (Phi) is 7.09. The third kappa shape index (κ3) is 4.91. The van der Waals surface area contributed by atoms with Crippen molar-refractivity contribution in [2.75, 3.05) is 39.5 Å². The van der Waals surface area contributed by atoms with Crippen LogP contribution in [0.1, 0.15) is 20.3 Å². The minimum absolute atomic E-state index is 0.0326. The average molecular weight is 205 g/mol. The van der Waals surface area contributed by atoms with Crippen LogP contribution in [0.5, 0.6) is 0 Å². The Hall–Kier alpha value is -0.160. The highest BCUT2D eigenvalue weighted by Gasteiger charge is 2.25. The molecular formula is C10H23NO3. The summed E-state index contributed by atoms with van der Waals surface area (Å²) in [5.74, 6) is 0. The lowest BCUT2D eigenvalue weighted by atomic mass is 9.92. The monoisotopic (exact) mass is 205 g/mol. The molecule has 4 heteroatoms. The predicted octanol–water partition coefficient (Wildman–Crippen LogP) is -0.318. The van der Waals surface area contributed by atoms with Gasteiger partial charge in [0.25, 0.3) is 0 Å². The summed E-state index contributed by atoms with van der Waals surface area (Å²) in [5, 5.41) is 27.1. The SMILES string of the molecule is CCCN(CCO)CC(C)(CO)CO. The van der Waals surface area contributed by atoms with Gasteiger partial charge in [0.1, 0.15) is 0 Å². The van der Waals surface area contributed by atoms with E-state index in [-0.39, 0.29) is 19.8 Å². The molecule has 0 aliphatic rings. The first-order chi connectivity index (χ1) is 6.61. The van der Waals surface area contributed by atoms with Gasteiger partial charge in [0.2, 0.25) is 0 Å². The van der Waals surface area contributed by atoms with Gasteiger partial charge in [0.05, 0.1) is 19.8 Å². The molecule has 0 unspecified atom stereocenters. The Morgan fingerprint density at radius 1 is 1.07 bits per heavy atom. The molecule has 0 atom stereocenters. The molecule has 0 amide bonds. The molecule has 0 aromatic rings. The van der Waals surface area contributed by atoms with Crippen molar-refractivity contribution in [2.24, 2.45) is 5.41 Å². The minimum Gasteiger partial charge on any atom is -0.396 e. The second-order valence-corrected chi connectivity index (χ2v) is 4.13. The van der Waals surface area contributed by atoms with E-state index < -0.39 is 5.41 Å². The van der Waals surface area contributed by atoms with Crippen LogP contribution in [0.3, 0.4) is 0 Å². The number of nitrogens with zero attached hydrogens (tertiary/aromatic N) is 1. The van der Waals surface area contributed by atoms with Gasteiger partial charge in [-0.3, -0.25) is 0 Å². The molecule has 0 heterocycles. The van der Waals surface area contributed by atoms with Gasteiger partial charge in [-0.2, -0.15) is 0 Å². The Morgan fingerprint density at radius 2 is 1.64 bits per heavy atom. The van der Waals surface area contributed by atoms with Crippen molar-refractivity contribution < 1.29 is 15.3 Å². The van der Waals surface area contributed by atoms with Crippen molar-refractivity contribution in [3.05, 3.63) is 0 Å². The summed E-state index contributed by atoms with van der Waals surface area (Å²) in [6.07, 6.45) is 1.01. The zero-order chi connectivity index (χ0) is 11.0. The number of hydrogen-bond donors (Lipinski definition) is 3. The summed E-state index contributed by atoms with van der Waals surface area (Å²) in [6, 6.07) is 0. The highest BCUT2D eigenvalue weighted by molar-refractivity contribution is 4.76. The summed E-state index contributed by atoms with van der Waals surface area (Å²) in [5.41, 5.74) is -0.468. The second-order valence-electron chi connectivity index (χ2n) is 4.13. The van der Waals surface area contributed by atoms with E-state index in [0.29, 0.717) is 13.1 Å². The van der Waals surface area contributed by atoms with Gasteiger partial charge in [-0.15, -0.1) is 0 Å². The summed E-state index contributed by atoms with van der Waals surface area (Å²) >= 11 is 0. The average Bonchev–Trinajstić information content (AvgIpc) is 2.18. The van der Waals surface area contributed by atoms with Crippen molar-refractivity contribution in [3.63, 3.8) is 0 Å². The Morgan fingerprint density at radius 3 is 2.00 bits per heavy atom. The van der Waals surface area contributed by atoms with Crippen LogP contribution in [0.4, 0.5) is 0 Å². The van der Waals surface area contributed by atoms with Crippen LogP contribution in [0.2, 0.25) is 0 Å². The van der Waals surface area contributed by atoms with E-state index in [2.05, 4.69) is 11.8 Å². The zero-order valence-electron chi connectivity index (χ0n) is 9.24. The van der Waals surface area contributed by atoms with E-state index >= 15 is 0 Å². The molecule has 0 aromatic carbocycles. The molecular weight excluding hydrogens is 182 g/mol. The first-order valence-corrected chi connectivity index (χ1v) is 5.17. The van der Waals surface area contributed by atoms with Gasteiger partial charge in [0, 0.05) is 18.5 Å². The highest BCUT2D eigenvalue weighted by Crippen LogP contribution is 2.16. The lowest BCUT2D eigenvalue weighted by Gasteiger charge is -2.32. The largest absolute Gasteiger partial charge is 0.396 e. The standard InChI is InChI=1S/C10H23NO3/c1-3-4-11(5-6-12)7-10(2,8-13)9-14/h12-14H,3-9H2,1-2H3. The summed E-state index contributed by atoms with van der Waals surface area (Å²) < 4.78 is 0. The van der Waals surface area contributed by atoms with Crippen LogP contribution in [-0.2, 0) is 0 Å². The van der Waals surface area contributed by atoms with Crippen LogP contribution in [0.15, 0.2) is 0 Å². The third-order valence-corrected chi connectivity index (χ3v) is 2.32. The van der Waals surface area contributed by atoms with Crippen molar-refractivity contribution in [1.29, 1.82) is 0 Å². The zero-order valence-corrected chi connectivity index (χ0v) is 9.24. The molecule has 0 aromatic heterocycles. The first kappa shape index (κ1) is 13.8. The minimum atomic E-state index is -0.468. The fourth-order valence-corrected chi connectivity index (χ4v) is 1.42. The normalized spacial score (nSPS) is 12.4. The van der Waals surface area contributed by atoms with Gasteiger partial charge in [-0.05, 0) is 13.0 Å². The molecule has 0 bridgehead atoms. The van der Waals surface area contributed by atoms with Crippen molar-refractivity contribution in [2.45, 2.75) is 20.3 Å². The number of aliphatic hydroxyl groups excluding tert-OH is 3. The maximum Gasteiger partial charge on any atom is 0.0558 e. The van der Waals surface area contributed by atoms with Crippen LogP contribution < -0.4 is 0 Å². The maximum absolute atomic E-state index is 9.12. The van der Waals surface area contributed by atoms with Gasteiger partial charge in [-0.1, -0.05) is 13.8 Å². The van der Waals surface area contributed by atoms with Crippen LogP contribution in [-0.4, -0.2) is 59.7 Å². The summed E-state index contributed by atoms with van der Waals surface area (Å²) in [6.45, 7) is 6.07. The molecule has 0 fully saturated rings. The Balaban J connectivity index is 4.10. The van der Waals surface area contributed by atoms with Gasteiger partial charge in [0.15, 0.2) is 0 Å². The number of hydrogen-bond acceptors (Lipinski definition) is 4. The van der Waals surface area contributed by atoms with E-state index in [9.17, 15) is 0 Å². The molecule has 0 radical (unpaired) electrons. The number of aliphatic hydroxyl groups is 3. The molecule has 0 aliphatic carbocycles. The van der Waals surface area contributed by atoms with E-state index in [4.69, 9.17) is 15.3 Å². The van der Waals surface area contributed by atoms with Crippen molar-refractivity contribution >= 4 is 0 Å².